The van der Waals surface area contributed by atoms with E-state index < -0.39 is 0 Å². The van der Waals surface area contributed by atoms with Gasteiger partial charge < -0.3 is 0 Å². The molecule has 11 heavy (non-hydrogen) atoms. The van der Waals surface area contributed by atoms with E-state index in [0.29, 0.717) is 6.42 Å². The molecule has 0 N–H and O–H groups in total. The highest BCUT2D eigenvalue weighted by molar-refractivity contribution is 8.26. The van der Waals surface area contributed by atoms with Gasteiger partial charge in [-0.25, -0.2) is 0 Å². The molecule has 0 aliphatic carbocycles. The summed E-state index contributed by atoms with van der Waals surface area (Å²) in [6, 6.07) is 0. The van der Waals surface area contributed by atoms with Crippen LogP contribution in [0.2, 0.25) is 0 Å². The van der Waals surface area contributed by atoms with Gasteiger partial charge in [0.25, 0.3) is 0 Å². The van der Waals surface area contributed by atoms with Crippen molar-refractivity contribution < 1.29 is 9.59 Å². The van der Waals surface area contributed by atoms with Crippen LogP contribution >= 0.6 is 11.8 Å². The lowest BCUT2D eigenvalue weighted by Gasteiger charge is -2.15. The standard InChI is InChI=1S/C8H14O2S/c1-6(9)11-7(10)5-8(2,3)4/h5H2,1-4H3. The number of carbonyl (C=O) groups excluding carboxylic acids is 2. The first-order valence-electron chi connectivity index (χ1n) is 3.52. The number of thioether (sulfide) groups is 1. The molecule has 0 aliphatic rings. The Morgan fingerprint density at radius 2 is 1.73 bits per heavy atom. The van der Waals surface area contributed by atoms with Gasteiger partial charge in [0.2, 0.25) is 0 Å². The van der Waals surface area contributed by atoms with Gasteiger partial charge in [0.05, 0.1) is 0 Å². The summed E-state index contributed by atoms with van der Waals surface area (Å²) in [4.78, 5) is 21.5. The summed E-state index contributed by atoms with van der Waals surface area (Å²) < 4.78 is 0. The Kier molecular flexibility index (Phi) is 3.79. The molecule has 2 nitrogen and oxygen atoms in total. The fraction of sp³-hybridized carbons (Fsp3) is 0.750. The Labute approximate surface area is 71.7 Å². The average molecular weight is 174 g/mol. The van der Waals surface area contributed by atoms with E-state index in [1.54, 1.807) is 0 Å². The molecule has 0 amide bonds. The van der Waals surface area contributed by atoms with E-state index in [9.17, 15) is 9.59 Å². The molecule has 3 heteroatoms. The molecule has 0 aromatic carbocycles. The molecule has 0 fully saturated rings. The molecule has 64 valence electrons. The molecule has 0 aliphatic heterocycles. The van der Waals surface area contributed by atoms with Crippen molar-refractivity contribution in [1.82, 2.24) is 0 Å². The summed E-state index contributed by atoms with van der Waals surface area (Å²) in [6.07, 6.45) is 0.456. The number of rotatable bonds is 1. The van der Waals surface area contributed by atoms with Crippen molar-refractivity contribution in [2.45, 2.75) is 34.1 Å². The summed E-state index contributed by atoms with van der Waals surface area (Å²) in [5, 5.41) is -0.163. The highest BCUT2D eigenvalue weighted by Gasteiger charge is 2.17. The van der Waals surface area contributed by atoms with Gasteiger partial charge in [-0.2, -0.15) is 0 Å². The van der Waals surface area contributed by atoms with E-state index in [-0.39, 0.29) is 15.6 Å². The Hall–Kier alpha value is -0.310. The van der Waals surface area contributed by atoms with Gasteiger partial charge >= 0.3 is 0 Å². The van der Waals surface area contributed by atoms with Gasteiger partial charge in [0.1, 0.15) is 0 Å². The molecule has 0 radical (unpaired) electrons. The first kappa shape index (κ1) is 10.7. The molecule has 0 heterocycles. The minimum absolute atomic E-state index is 0.0144. The van der Waals surface area contributed by atoms with E-state index in [4.69, 9.17) is 0 Å². The second-order valence-corrected chi connectivity index (χ2v) is 4.94. The van der Waals surface area contributed by atoms with E-state index in [1.807, 2.05) is 20.8 Å². The maximum atomic E-state index is 11.0. The Morgan fingerprint density at radius 1 is 1.27 bits per heavy atom. The van der Waals surface area contributed by atoms with E-state index in [0.717, 1.165) is 11.8 Å². The van der Waals surface area contributed by atoms with Crippen molar-refractivity contribution in [3.63, 3.8) is 0 Å². The lowest BCUT2D eigenvalue weighted by atomic mass is 9.93. The largest absolute Gasteiger partial charge is 0.287 e. The van der Waals surface area contributed by atoms with Gasteiger partial charge in [-0.1, -0.05) is 20.8 Å². The van der Waals surface area contributed by atoms with Crippen LogP contribution in [0.4, 0.5) is 0 Å². The molecule has 0 rings (SSSR count). The molecule has 0 saturated carbocycles. The molecule has 0 unspecified atom stereocenters. The molecule has 0 aromatic heterocycles. The zero-order valence-electron chi connectivity index (χ0n) is 7.43. The van der Waals surface area contributed by atoms with Crippen LogP contribution in [0, 0.1) is 5.41 Å². The average Bonchev–Trinajstić information content (AvgIpc) is 1.53. The first-order valence-corrected chi connectivity index (χ1v) is 4.34. The van der Waals surface area contributed by atoms with Gasteiger partial charge in [-0.15, -0.1) is 0 Å². The van der Waals surface area contributed by atoms with Crippen LogP contribution in [0.15, 0.2) is 0 Å². The third kappa shape index (κ3) is 7.59. The van der Waals surface area contributed by atoms with Gasteiger partial charge in [0, 0.05) is 13.3 Å². The van der Waals surface area contributed by atoms with Crippen LogP contribution in [0.5, 0.6) is 0 Å². The third-order valence-corrected chi connectivity index (χ3v) is 1.59. The second kappa shape index (κ2) is 3.90. The van der Waals surface area contributed by atoms with Crippen LogP contribution in [-0.2, 0) is 9.59 Å². The molecular formula is C8H14O2S. The van der Waals surface area contributed by atoms with Gasteiger partial charge in [-0.3, -0.25) is 9.59 Å². The van der Waals surface area contributed by atoms with E-state index in [2.05, 4.69) is 0 Å². The zero-order valence-corrected chi connectivity index (χ0v) is 8.25. The molecule has 0 aromatic rings. The predicted molar refractivity (Wildman–Crippen MR) is 47.4 cm³/mol. The normalized spacial score (nSPS) is 11.3. The first-order chi connectivity index (χ1) is 4.81. The molecule has 0 saturated heterocycles. The van der Waals surface area contributed by atoms with Crippen molar-refractivity contribution >= 4 is 22.0 Å². The molecule has 0 bridgehead atoms. The smallest absolute Gasteiger partial charge is 0.196 e. The molecule has 0 spiro atoms. The molecular weight excluding hydrogens is 160 g/mol. The van der Waals surface area contributed by atoms with Crippen LogP contribution in [0.25, 0.3) is 0 Å². The topological polar surface area (TPSA) is 34.1 Å². The fourth-order valence-electron chi connectivity index (χ4n) is 0.629. The maximum Gasteiger partial charge on any atom is 0.196 e. The highest BCUT2D eigenvalue weighted by atomic mass is 32.2. The quantitative estimate of drug-likeness (QED) is 0.611. The molecule has 0 atom stereocenters. The van der Waals surface area contributed by atoms with Crippen LogP contribution in [0.1, 0.15) is 34.1 Å². The lowest BCUT2D eigenvalue weighted by Crippen LogP contribution is -2.11. The summed E-state index contributed by atoms with van der Waals surface area (Å²) in [5.74, 6) is 0. The minimum atomic E-state index is -0.126. The predicted octanol–water partition coefficient (Wildman–Crippen LogP) is 2.23. The van der Waals surface area contributed by atoms with E-state index in [1.165, 1.54) is 6.92 Å². The maximum absolute atomic E-state index is 11.0. The summed E-state index contributed by atoms with van der Waals surface area (Å²) >= 11 is 0.803. The van der Waals surface area contributed by atoms with Crippen molar-refractivity contribution in [3.8, 4) is 0 Å². The summed E-state index contributed by atoms with van der Waals surface area (Å²) in [6.45, 7) is 7.34. The minimum Gasteiger partial charge on any atom is -0.287 e. The van der Waals surface area contributed by atoms with Crippen molar-refractivity contribution in [2.24, 2.45) is 5.41 Å². The summed E-state index contributed by atoms with van der Waals surface area (Å²) in [7, 11) is 0. The van der Waals surface area contributed by atoms with Crippen LogP contribution < -0.4 is 0 Å². The monoisotopic (exact) mass is 174 g/mol. The highest BCUT2D eigenvalue weighted by Crippen LogP contribution is 2.22. The van der Waals surface area contributed by atoms with Crippen molar-refractivity contribution in [3.05, 3.63) is 0 Å². The fourth-order valence-corrected chi connectivity index (χ4v) is 1.46. The number of carbonyl (C=O) groups is 2. The van der Waals surface area contributed by atoms with Gasteiger partial charge in [-0.05, 0) is 17.2 Å². The second-order valence-electron chi connectivity index (χ2n) is 3.70. The lowest BCUT2D eigenvalue weighted by molar-refractivity contribution is -0.113. The van der Waals surface area contributed by atoms with Gasteiger partial charge in [0.15, 0.2) is 10.2 Å². The Morgan fingerprint density at radius 3 is 2.00 bits per heavy atom. The number of hydrogen-bond acceptors (Lipinski definition) is 3. The third-order valence-electron chi connectivity index (χ3n) is 0.932. The summed E-state index contributed by atoms with van der Waals surface area (Å²) in [5.41, 5.74) is -0.0144. The van der Waals surface area contributed by atoms with Crippen LogP contribution in [0.3, 0.4) is 0 Å². The van der Waals surface area contributed by atoms with Crippen LogP contribution in [-0.4, -0.2) is 10.2 Å². The van der Waals surface area contributed by atoms with E-state index >= 15 is 0 Å². The zero-order chi connectivity index (χ0) is 9.07. The van der Waals surface area contributed by atoms with Crippen molar-refractivity contribution in [2.75, 3.05) is 0 Å². The number of hydrogen-bond donors (Lipinski definition) is 0. The Bertz CT molecular complexity index is 167. The SMILES string of the molecule is CC(=O)SC(=O)CC(C)(C)C. The Balaban J connectivity index is 3.80. The van der Waals surface area contributed by atoms with Crippen molar-refractivity contribution in [1.29, 1.82) is 0 Å².